The number of carbonyl (C=O) groups excluding carboxylic acids is 1. The van der Waals surface area contributed by atoms with E-state index in [1.165, 1.54) is 5.56 Å². The van der Waals surface area contributed by atoms with Gasteiger partial charge < -0.3 is 5.32 Å². The van der Waals surface area contributed by atoms with Gasteiger partial charge in [-0.1, -0.05) is 41.9 Å². The number of benzene rings is 2. The van der Waals surface area contributed by atoms with E-state index in [9.17, 15) is 4.79 Å². The largest absolute Gasteiger partial charge is 0.349 e. The maximum absolute atomic E-state index is 12.1. The Bertz CT molecular complexity index is 601. The number of rotatable bonds is 4. The van der Waals surface area contributed by atoms with E-state index in [1.807, 2.05) is 31.2 Å². The Kier molecular flexibility index (Phi) is 5.43. The summed E-state index contributed by atoms with van der Waals surface area (Å²) in [6.07, 6.45) is 0.810. The highest BCUT2D eigenvalue weighted by molar-refractivity contribution is 14.1. The fourth-order valence-electron chi connectivity index (χ4n) is 1.96. The van der Waals surface area contributed by atoms with Gasteiger partial charge in [-0.3, -0.25) is 4.79 Å². The number of carbonyl (C=O) groups is 1. The summed E-state index contributed by atoms with van der Waals surface area (Å²) in [7, 11) is 0. The average molecular weight is 400 g/mol. The SMILES string of the molecule is CC(Cc1ccccc1)NC(=O)c1ccc(I)c(Cl)c1. The average Bonchev–Trinajstić information content (AvgIpc) is 2.42. The van der Waals surface area contributed by atoms with Crippen molar-refractivity contribution in [3.05, 3.63) is 68.3 Å². The number of nitrogens with one attached hydrogen (secondary N) is 1. The first kappa shape index (κ1) is 15.3. The van der Waals surface area contributed by atoms with Gasteiger partial charge in [-0.25, -0.2) is 0 Å². The molecule has 104 valence electrons. The predicted octanol–water partition coefficient (Wildman–Crippen LogP) is 4.31. The van der Waals surface area contributed by atoms with E-state index < -0.39 is 0 Å². The first-order chi connectivity index (χ1) is 9.56. The van der Waals surface area contributed by atoms with Crippen LogP contribution in [-0.4, -0.2) is 11.9 Å². The topological polar surface area (TPSA) is 29.1 Å². The summed E-state index contributed by atoms with van der Waals surface area (Å²) in [5, 5.41) is 3.60. The highest BCUT2D eigenvalue weighted by Gasteiger charge is 2.11. The zero-order valence-electron chi connectivity index (χ0n) is 11.1. The van der Waals surface area contributed by atoms with Gasteiger partial charge in [-0.05, 0) is 59.7 Å². The summed E-state index contributed by atoms with van der Waals surface area (Å²) >= 11 is 8.18. The second-order valence-corrected chi connectivity index (χ2v) is 6.26. The summed E-state index contributed by atoms with van der Waals surface area (Å²) in [5.41, 5.74) is 1.80. The Morgan fingerprint density at radius 2 is 1.95 bits per heavy atom. The van der Waals surface area contributed by atoms with E-state index in [1.54, 1.807) is 12.1 Å². The zero-order valence-corrected chi connectivity index (χ0v) is 14.0. The number of hydrogen-bond acceptors (Lipinski definition) is 1. The van der Waals surface area contributed by atoms with Gasteiger partial charge in [0.2, 0.25) is 0 Å². The molecule has 0 heterocycles. The van der Waals surface area contributed by atoms with Crippen LogP contribution >= 0.6 is 34.2 Å². The van der Waals surface area contributed by atoms with Gasteiger partial charge in [-0.15, -0.1) is 0 Å². The van der Waals surface area contributed by atoms with Crippen LogP contribution < -0.4 is 5.32 Å². The molecule has 4 heteroatoms. The van der Waals surface area contributed by atoms with Crippen molar-refractivity contribution in [2.75, 3.05) is 0 Å². The molecule has 2 rings (SSSR count). The first-order valence-corrected chi connectivity index (χ1v) is 7.82. The van der Waals surface area contributed by atoms with Crippen molar-refractivity contribution in [2.45, 2.75) is 19.4 Å². The van der Waals surface area contributed by atoms with Gasteiger partial charge in [0.25, 0.3) is 5.91 Å². The second-order valence-electron chi connectivity index (χ2n) is 4.69. The van der Waals surface area contributed by atoms with Crippen LogP contribution in [0.15, 0.2) is 48.5 Å². The Hall–Kier alpha value is -1.07. The van der Waals surface area contributed by atoms with Gasteiger partial charge in [0.15, 0.2) is 0 Å². The van der Waals surface area contributed by atoms with Crippen molar-refractivity contribution in [1.29, 1.82) is 0 Å². The molecule has 20 heavy (non-hydrogen) atoms. The van der Waals surface area contributed by atoms with Gasteiger partial charge in [0.1, 0.15) is 0 Å². The number of hydrogen-bond donors (Lipinski definition) is 1. The van der Waals surface area contributed by atoms with E-state index in [0.717, 1.165) is 9.99 Å². The predicted molar refractivity (Wildman–Crippen MR) is 91.2 cm³/mol. The lowest BCUT2D eigenvalue weighted by atomic mass is 10.1. The van der Waals surface area contributed by atoms with Crippen molar-refractivity contribution in [3.8, 4) is 0 Å². The van der Waals surface area contributed by atoms with Crippen LogP contribution in [0.3, 0.4) is 0 Å². The molecule has 0 aliphatic carbocycles. The third kappa shape index (κ3) is 4.21. The molecule has 2 aromatic rings. The molecule has 2 aromatic carbocycles. The first-order valence-electron chi connectivity index (χ1n) is 6.36. The van der Waals surface area contributed by atoms with Crippen LogP contribution in [0.25, 0.3) is 0 Å². The maximum atomic E-state index is 12.1. The van der Waals surface area contributed by atoms with E-state index in [0.29, 0.717) is 10.6 Å². The lowest BCUT2D eigenvalue weighted by molar-refractivity contribution is 0.0940. The Labute approximate surface area is 137 Å². The zero-order chi connectivity index (χ0) is 14.5. The lowest BCUT2D eigenvalue weighted by Crippen LogP contribution is -2.34. The Morgan fingerprint density at radius 1 is 1.25 bits per heavy atom. The van der Waals surface area contributed by atoms with E-state index in [-0.39, 0.29) is 11.9 Å². The van der Waals surface area contributed by atoms with Crippen molar-refractivity contribution in [2.24, 2.45) is 0 Å². The van der Waals surface area contributed by atoms with E-state index in [2.05, 4.69) is 40.0 Å². The summed E-state index contributed by atoms with van der Waals surface area (Å²) in [6.45, 7) is 2.00. The molecule has 0 radical (unpaired) electrons. The smallest absolute Gasteiger partial charge is 0.251 e. The molecule has 1 amide bonds. The molecular weight excluding hydrogens is 385 g/mol. The Morgan fingerprint density at radius 3 is 2.60 bits per heavy atom. The van der Waals surface area contributed by atoms with Crippen LogP contribution in [0, 0.1) is 3.57 Å². The summed E-state index contributed by atoms with van der Waals surface area (Å²) in [6, 6.07) is 15.5. The Balaban J connectivity index is 1.98. The van der Waals surface area contributed by atoms with E-state index in [4.69, 9.17) is 11.6 Å². The van der Waals surface area contributed by atoms with Gasteiger partial charge in [0, 0.05) is 15.2 Å². The molecular formula is C16H15ClINO. The number of halogens is 2. The molecule has 2 nitrogen and oxygen atoms in total. The van der Waals surface area contributed by atoms with Crippen molar-refractivity contribution in [3.63, 3.8) is 0 Å². The molecule has 0 spiro atoms. The van der Waals surface area contributed by atoms with Crippen molar-refractivity contribution in [1.82, 2.24) is 5.32 Å². The minimum atomic E-state index is -0.0910. The third-order valence-corrected chi connectivity index (χ3v) is 4.52. The third-order valence-electron chi connectivity index (χ3n) is 2.94. The molecule has 0 fully saturated rings. The van der Waals surface area contributed by atoms with Gasteiger partial charge >= 0.3 is 0 Å². The van der Waals surface area contributed by atoms with Gasteiger partial charge in [0.05, 0.1) is 5.02 Å². The quantitative estimate of drug-likeness (QED) is 0.763. The maximum Gasteiger partial charge on any atom is 0.251 e. The molecule has 0 aromatic heterocycles. The molecule has 0 saturated carbocycles. The molecule has 1 N–H and O–H groups in total. The fourth-order valence-corrected chi connectivity index (χ4v) is 2.48. The summed E-state index contributed by atoms with van der Waals surface area (Å²) in [5.74, 6) is -0.0910. The summed E-state index contributed by atoms with van der Waals surface area (Å²) < 4.78 is 0.943. The molecule has 1 atom stereocenters. The molecule has 0 saturated heterocycles. The monoisotopic (exact) mass is 399 g/mol. The highest BCUT2D eigenvalue weighted by Crippen LogP contribution is 2.19. The molecule has 0 bridgehead atoms. The normalized spacial score (nSPS) is 11.9. The molecule has 1 unspecified atom stereocenters. The fraction of sp³-hybridized carbons (Fsp3) is 0.188. The minimum absolute atomic E-state index is 0.0722. The van der Waals surface area contributed by atoms with Crippen molar-refractivity contribution >= 4 is 40.1 Å². The van der Waals surface area contributed by atoms with Crippen LogP contribution in [0.4, 0.5) is 0 Å². The minimum Gasteiger partial charge on any atom is -0.349 e. The van der Waals surface area contributed by atoms with Crippen LogP contribution in [-0.2, 0) is 6.42 Å². The number of amides is 1. The van der Waals surface area contributed by atoms with Crippen molar-refractivity contribution < 1.29 is 4.79 Å². The van der Waals surface area contributed by atoms with Crippen LogP contribution in [0.5, 0.6) is 0 Å². The van der Waals surface area contributed by atoms with Crippen LogP contribution in [0.1, 0.15) is 22.8 Å². The standard InChI is InChI=1S/C16H15ClINO/c1-11(9-12-5-3-2-4-6-12)19-16(20)13-7-8-15(18)14(17)10-13/h2-8,10-11H,9H2,1H3,(H,19,20). The van der Waals surface area contributed by atoms with E-state index >= 15 is 0 Å². The summed E-state index contributed by atoms with van der Waals surface area (Å²) in [4.78, 5) is 12.1. The molecule has 0 aliphatic rings. The van der Waals surface area contributed by atoms with Crippen LogP contribution in [0.2, 0.25) is 5.02 Å². The second kappa shape index (κ2) is 7.09. The molecule has 0 aliphatic heterocycles. The highest BCUT2D eigenvalue weighted by atomic mass is 127. The lowest BCUT2D eigenvalue weighted by Gasteiger charge is -2.14. The van der Waals surface area contributed by atoms with Gasteiger partial charge in [-0.2, -0.15) is 0 Å².